The van der Waals surface area contributed by atoms with Crippen LogP contribution in [0.4, 0.5) is 0 Å². The smallest absolute Gasteiger partial charge is 0.220 e. The molecule has 2 heterocycles. The minimum atomic E-state index is -0.140. The number of ether oxygens (including phenoxy) is 2. The van der Waals surface area contributed by atoms with E-state index in [1.165, 1.54) is 37.9 Å². The first-order valence-electron chi connectivity index (χ1n) is 11.0. The van der Waals surface area contributed by atoms with Crippen molar-refractivity contribution in [1.29, 1.82) is 0 Å². The highest BCUT2D eigenvalue weighted by Gasteiger charge is 2.22. The number of rotatable bonds is 6. The van der Waals surface area contributed by atoms with Gasteiger partial charge in [0.2, 0.25) is 5.91 Å². The molecule has 1 amide bonds. The molecule has 1 atom stereocenters. The van der Waals surface area contributed by atoms with E-state index in [1.807, 2.05) is 10.8 Å². The van der Waals surface area contributed by atoms with Crippen molar-refractivity contribution < 1.29 is 14.3 Å². The Morgan fingerprint density at radius 1 is 0.938 bits per heavy atom. The first kappa shape index (κ1) is 19.4. The van der Waals surface area contributed by atoms with Gasteiger partial charge in [-0.2, -0.15) is 0 Å². The Hall–Kier alpha value is -3.31. The van der Waals surface area contributed by atoms with Crippen LogP contribution < -0.4 is 14.8 Å². The van der Waals surface area contributed by atoms with Gasteiger partial charge in [-0.25, -0.2) is 0 Å². The van der Waals surface area contributed by atoms with E-state index in [4.69, 9.17) is 9.47 Å². The summed E-state index contributed by atoms with van der Waals surface area (Å²) in [5, 5.41) is 14.7. The lowest BCUT2D eigenvalue weighted by molar-refractivity contribution is -0.121. The Labute approximate surface area is 190 Å². The molecule has 160 valence electrons. The van der Waals surface area contributed by atoms with Gasteiger partial charge in [0.1, 0.15) is 12.7 Å². The molecule has 0 saturated heterocycles. The third kappa shape index (κ3) is 3.43. The van der Waals surface area contributed by atoms with E-state index in [0.717, 1.165) is 24.3 Å². The molecule has 0 saturated carbocycles. The van der Waals surface area contributed by atoms with E-state index in [2.05, 4.69) is 59.9 Å². The van der Waals surface area contributed by atoms with Crippen LogP contribution in [0.25, 0.3) is 32.3 Å². The Kier molecular flexibility index (Phi) is 4.84. The number of benzene rings is 4. The number of aryl methyl sites for hydroxylation is 1. The molecule has 0 spiro atoms. The van der Waals surface area contributed by atoms with Gasteiger partial charge in [-0.3, -0.25) is 4.79 Å². The minimum absolute atomic E-state index is 0.0578. The number of hydrogen-bond donors (Lipinski definition) is 1. The molecule has 0 fully saturated rings. The second-order valence-electron chi connectivity index (χ2n) is 8.39. The Bertz CT molecular complexity index is 1410. The molecule has 1 aliphatic rings. The van der Waals surface area contributed by atoms with E-state index in [1.54, 1.807) is 11.3 Å². The molecule has 0 radical (unpaired) electrons. The number of nitrogens with one attached hydrogen (secondary N) is 1. The fourth-order valence-electron chi connectivity index (χ4n) is 4.73. The molecule has 5 heteroatoms. The normalized spacial score (nSPS) is 15.6. The molecule has 4 nitrogen and oxygen atoms in total. The van der Waals surface area contributed by atoms with Crippen molar-refractivity contribution in [2.75, 3.05) is 13.2 Å². The topological polar surface area (TPSA) is 47.6 Å². The lowest BCUT2D eigenvalue weighted by Gasteiger charge is -2.24. The number of amides is 1. The maximum Gasteiger partial charge on any atom is 0.220 e. The quantitative estimate of drug-likeness (QED) is 0.333. The zero-order valence-corrected chi connectivity index (χ0v) is 18.4. The Morgan fingerprint density at radius 2 is 1.69 bits per heavy atom. The zero-order valence-electron chi connectivity index (χ0n) is 17.6. The van der Waals surface area contributed by atoms with Gasteiger partial charge in [-0.05, 0) is 50.7 Å². The van der Waals surface area contributed by atoms with Crippen molar-refractivity contribution in [3.8, 4) is 11.5 Å². The average molecular weight is 442 g/mol. The third-order valence-corrected chi connectivity index (χ3v) is 7.01. The van der Waals surface area contributed by atoms with Crippen LogP contribution in [0, 0.1) is 0 Å². The predicted octanol–water partition coefficient (Wildman–Crippen LogP) is 5.92. The molecule has 5 aromatic rings. The molecule has 6 rings (SSSR count). The van der Waals surface area contributed by atoms with Crippen LogP contribution in [0.3, 0.4) is 0 Å². The maximum absolute atomic E-state index is 12.4. The molecular weight excluding hydrogens is 418 g/mol. The molecule has 1 N–H and O–H groups in total. The van der Waals surface area contributed by atoms with E-state index in [-0.39, 0.29) is 12.0 Å². The van der Waals surface area contributed by atoms with Gasteiger partial charge in [0, 0.05) is 17.2 Å². The van der Waals surface area contributed by atoms with Gasteiger partial charge in [0.05, 0.1) is 6.54 Å². The van der Waals surface area contributed by atoms with Crippen molar-refractivity contribution >= 4 is 49.6 Å². The molecule has 1 unspecified atom stereocenters. The largest absolute Gasteiger partial charge is 0.485 e. The fraction of sp³-hybridized carbons (Fsp3) is 0.222. The van der Waals surface area contributed by atoms with Crippen LogP contribution in [0.15, 0.2) is 65.4 Å². The van der Waals surface area contributed by atoms with Crippen LogP contribution in [0.1, 0.15) is 18.4 Å². The number of carbonyl (C=O) groups is 1. The monoisotopic (exact) mass is 441 g/mol. The zero-order chi connectivity index (χ0) is 21.5. The number of hydrogen-bond acceptors (Lipinski definition) is 4. The highest BCUT2D eigenvalue weighted by molar-refractivity contribution is 7.08. The Morgan fingerprint density at radius 3 is 2.56 bits per heavy atom. The Balaban J connectivity index is 1.11. The SMILES string of the molecule is O=C(CCCc1ccc2ccc3cccc4ccc1c2c34)NCC1COc2cscc2O1. The van der Waals surface area contributed by atoms with Crippen molar-refractivity contribution in [3.63, 3.8) is 0 Å². The van der Waals surface area contributed by atoms with Crippen LogP contribution >= 0.6 is 11.3 Å². The van der Waals surface area contributed by atoms with Crippen LogP contribution in [-0.4, -0.2) is 25.2 Å². The van der Waals surface area contributed by atoms with E-state index < -0.39 is 0 Å². The average Bonchev–Trinajstić information content (AvgIpc) is 3.30. The number of fused-ring (bicyclic) bond motifs is 1. The van der Waals surface area contributed by atoms with Gasteiger partial charge in [0.25, 0.3) is 0 Å². The van der Waals surface area contributed by atoms with Gasteiger partial charge < -0.3 is 14.8 Å². The first-order valence-corrected chi connectivity index (χ1v) is 12.0. The molecule has 1 aromatic heterocycles. The summed E-state index contributed by atoms with van der Waals surface area (Å²) in [5.41, 5.74) is 1.30. The van der Waals surface area contributed by atoms with Gasteiger partial charge in [-0.15, -0.1) is 11.3 Å². The predicted molar refractivity (Wildman–Crippen MR) is 130 cm³/mol. The molecular formula is C27H23NO3S. The minimum Gasteiger partial charge on any atom is -0.485 e. The van der Waals surface area contributed by atoms with E-state index >= 15 is 0 Å². The second kappa shape index (κ2) is 7.99. The fourth-order valence-corrected chi connectivity index (χ4v) is 5.40. The number of thiophene rings is 1. The highest BCUT2D eigenvalue weighted by Crippen LogP contribution is 2.36. The van der Waals surface area contributed by atoms with Gasteiger partial charge in [-0.1, -0.05) is 54.6 Å². The lowest BCUT2D eigenvalue weighted by atomic mass is 9.90. The van der Waals surface area contributed by atoms with Crippen molar-refractivity contribution in [3.05, 3.63) is 70.9 Å². The summed E-state index contributed by atoms with van der Waals surface area (Å²) in [7, 11) is 0. The van der Waals surface area contributed by atoms with Crippen molar-refractivity contribution in [2.45, 2.75) is 25.4 Å². The van der Waals surface area contributed by atoms with Crippen molar-refractivity contribution in [1.82, 2.24) is 5.32 Å². The summed E-state index contributed by atoms with van der Waals surface area (Å²) in [6.07, 6.45) is 2.05. The summed E-state index contributed by atoms with van der Waals surface area (Å²) in [4.78, 5) is 12.4. The second-order valence-corrected chi connectivity index (χ2v) is 9.13. The summed E-state index contributed by atoms with van der Waals surface area (Å²) in [6, 6.07) is 19.8. The lowest BCUT2D eigenvalue weighted by Crippen LogP contribution is -2.40. The van der Waals surface area contributed by atoms with E-state index in [0.29, 0.717) is 19.6 Å². The number of carbonyl (C=O) groups excluding carboxylic acids is 1. The molecule has 0 bridgehead atoms. The molecule has 0 aliphatic carbocycles. The maximum atomic E-state index is 12.4. The summed E-state index contributed by atoms with van der Waals surface area (Å²) < 4.78 is 11.5. The third-order valence-electron chi connectivity index (χ3n) is 6.31. The van der Waals surface area contributed by atoms with Crippen LogP contribution in [0.2, 0.25) is 0 Å². The standard InChI is InChI=1S/C27H23NO3S/c29-25(28-13-21-14-30-23-15-32-16-24(23)31-21)6-2-3-17-7-8-20-10-9-18-4-1-5-19-11-12-22(17)27(20)26(18)19/h1,4-5,7-12,15-16,21H,2-3,6,13-14H2,(H,28,29). The summed E-state index contributed by atoms with van der Waals surface area (Å²) >= 11 is 1.56. The summed E-state index contributed by atoms with van der Waals surface area (Å²) in [5.74, 6) is 1.63. The van der Waals surface area contributed by atoms with E-state index in [9.17, 15) is 4.79 Å². The van der Waals surface area contributed by atoms with Crippen molar-refractivity contribution in [2.24, 2.45) is 0 Å². The van der Waals surface area contributed by atoms with Gasteiger partial charge >= 0.3 is 0 Å². The van der Waals surface area contributed by atoms with Crippen LogP contribution in [-0.2, 0) is 11.2 Å². The molecule has 32 heavy (non-hydrogen) atoms. The molecule has 4 aromatic carbocycles. The van der Waals surface area contributed by atoms with Crippen LogP contribution in [0.5, 0.6) is 11.5 Å². The van der Waals surface area contributed by atoms with Gasteiger partial charge in [0.15, 0.2) is 11.5 Å². The first-order chi connectivity index (χ1) is 15.8. The molecule has 1 aliphatic heterocycles. The highest BCUT2D eigenvalue weighted by atomic mass is 32.1. The summed E-state index contributed by atoms with van der Waals surface area (Å²) in [6.45, 7) is 0.930.